The van der Waals surface area contributed by atoms with Crippen LogP contribution in [0.4, 0.5) is 5.69 Å². The number of para-hydroxylation sites is 1. The summed E-state index contributed by atoms with van der Waals surface area (Å²) >= 11 is 0. The molecule has 3 amide bonds. The first-order chi connectivity index (χ1) is 14.9. The summed E-state index contributed by atoms with van der Waals surface area (Å²) in [5.41, 5.74) is -0.750. The van der Waals surface area contributed by atoms with E-state index >= 15 is 0 Å². The Morgan fingerprint density at radius 2 is 1.94 bits per heavy atom. The molecule has 8 nitrogen and oxygen atoms in total. The Morgan fingerprint density at radius 1 is 1.19 bits per heavy atom. The van der Waals surface area contributed by atoms with E-state index in [0.29, 0.717) is 17.2 Å². The van der Waals surface area contributed by atoms with E-state index in [9.17, 15) is 19.2 Å². The van der Waals surface area contributed by atoms with Crippen molar-refractivity contribution in [2.45, 2.75) is 64.1 Å². The number of ether oxygens (including phenoxy) is 1. The number of likely N-dealkylation sites (N-methyl/N-ethyl adjacent to an activating group) is 1. The highest BCUT2D eigenvalue weighted by atomic mass is 16.5. The smallest absolute Gasteiger partial charge is 0.354 e. The summed E-state index contributed by atoms with van der Waals surface area (Å²) in [7, 11) is 0. The first kappa shape index (κ1) is 21.3. The highest BCUT2D eigenvalue weighted by Crippen LogP contribution is 2.44. The molecular weight excluding hydrogens is 398 g/mol. The largest absolute Gasteiger partial charge is 0.452 e. The van der Waals surface area contributed by atoms with Gasteiger partial charge in [0, 0.05) is 25.4 Å². The maximum atomic E-state index is 13.3. The summed E-state index contributed by atoms with van der Waals surface area (Å²) in [6, 6.07) is 6.86. The van der Waals surface area contributed by atoms with Gasteiger partial charge >= 0.3 is 5.97 Å². The third kappa shape index (κ3) is 3.47. The van der Waals surface area contributed by atoms with Crippen LogP contribution in [0.3, 0.4) is 0 Å². The van der Waals surface area contributed by atoms with Crippen LogP contribution in [0.5, 0.6) is 0 Å². The minimum absolute atomic E-state index is 0.0814. The van der Waals surface area contributed by atoms with Crippen LogP contribution in [0.25, 0.3) is 0 Å². The second-order valence-corrected chi connectivity index (χ2v) is 8.62. The summed E-state index contributed by atoms with van der Waals surface area (Å²) in [4.78, 5) is 54.5. The average molecular weight is 428 g/mol. The number of amides is 3. The monoisotopic (exact) mass is 427 g/mol. The number of hydrogen-bond donors (Lipinski definition) is 1. The van der Waals surface area contributed by atoms with Gasteiger partial charge in [0.25, 0.3) is 11.8 Å². The molecule has 3 atom stereocenters. The zero-order chi connectivity index (χ0) is 22.2. The molecule has 0 unspecified atom stereocenters. The number of rotatable bonds is 5. The van der Waals surface area contributed by atoms with Gasteiger partial charge in [-0.05, 0) is 37.8 Å². The number of nitrogens with zero attached hydrogens (tertiary/aromatic N) is 2. The number of hydrogen-bond acceptors (Lipinski definition) is 5. The van der Waals surface area contributed by atoms with Gasteiger partial charge in [-0.15, -0.1) is 0 Å². The Kier molecular flexibility index (Phi) is 5.73. The second-order valence-electron chi connectivity index (χ2n) is 8.62. The molecular formula is C23H29N3O5. The third-order valence-electron chi connectivity index (χ3n) is 6.81. The van der Waals surface area contributed by atoms with Crippen LogP contribution in [0.15, 0.2) is 24.3 Å². The van der Waals surface area contributed by atoms with Gasteiger partial charge < -0.3 is 15.0 Å². The van der Waals surface area contributed by atoms with Crippen LogP contribution >= 0.6 is 0 Å². The van der Waals surface area contributed by atoms with Crippen LogP contribution in [0.1, 0.15) is 62.7 Å². The molecule has 0 radical (unpaired) electrons. The lowest BCUT2D eigenvalue weighted by Gasteiger charge is -2.47. The van der Waals surface area contributed by atoms with Gasteiger partial charge in [0.15, 0.2) is 6.61 Å². The molecule has 166 valence electrons. The van der Waals surface area contributed by atoms with Crippen molar-refractivity contribution < 1.29 is 23.9 Å². The van der Waals surface area contributed by atoms with Crippen LogP contribution in [-0.4, -0.2) is 53.4 Å². The van der Waals surface area contributed by atoms with Crippen molar-refractivity contribution in [2.24, 2.45) is 5.92 Å². The van der Waals surface area contributed by atoms with Gasteiger partial charge in [0.2, 0.25) is 11.6 Å². The Labute approximate surface area is 181 Å². The van der Waals surface area contributed by atoms with Gasteiger partial charge in [-0.1, -0.05) is 31.9 Å². The van der Waals surface area contributed by atoms with E-state index in [1.165, 1.54) is 9.80 Å². The molecule has 2 fully saturated rings. The standard InChI is InChI=1S/C23H29N3O5/c1-3-25-21(29)16-9-5-7-11-18(16)26-20(28)12-13-23(25,26)22(30)31-14-19(27)24-17-10-6-4-8-15(17)2/h5,7,9,11,15,17H,3-4,6,8,10,12-14H2,1-2H3,(H,24,27)/t15-,17-,23-/m0/s1. The van der Waals surface area contributed by atoms with Crippen LogP contribution in [-0.2, 0) is 19.1 Å². The summed E-state index contributed by atoms with van der Waals surface area (Å²) in [5.74, 6) is -1.27. The topological polar surface area (TPSA) is 96.0 Å². The highest BCUT2D eigenvalue weighted by molar-refractivity contribution is 6.15. The summed E-state index contributed by atoms with van der Waals surface area (Å²) in [6.07, 6.45) is 4.48. The molecule has 8 heteroatoms. The fourth-order valence-electron chi connectivity index (χ4n) is 5.20. The minimum atomic E-state index is -1.55. The molecule has 1 aromatic carbocycles. The number of anilines is 1. The molecule has 1 saturated carbocycles. The number of carbonyl (C=O) groups excluding carboxylic acids is 4. The molecule has 31 heavy (non-hydrogen) atoms. The van der Waals surface area contributed by atoms with E-state index in [-0.39, 0.29) is 43.1 Å². The molecule has 3 aliphatic rings. The van der Waals surface area contributed by atoms with Gasteiger partial charge in [0.05, 0.1) is 11.3 Å². The van der Waals surface area contributed by atoms with Crippen molar-refractivity contribution in [1.82, 2.24) is 10.2 Å². The summed E-state index contributed by atoms with van der Waals surface area (Å²) in [6.45, 7) is 3.68. The highest BCUT2D eigenvalue weighted by Gasteiger charge is 2.61. The Bertz CT molecular complexity index is 916. The molecule has 0 bridgehead atoms. The summed E-state index contributed by atoms with van der Waals surface area (Å²) in [5, 5.41) is 2.97. The van der Waals surface area contributed by atoms with Gasteiger partial charge in [0.1, 0.15) is 0 Å². The Morgan fingerprint density at radius 3 is 2.68 bits per heavy atom. The lowest BCUT2D eigenvalue weighted by atomic mass is 9.86. The third-order valence-corrected chi connectivity index (χ3v) is 6.81. The zero-order valence-electron chi connectivity index (χ0n) is 18.1. The van der Waals surface area contributed by atoms with E-state index in [4.69, 9.17) is 4.74 Å². The average Bonchev–Trinajstić information content (AvgIpc) is 3.12. The Hall–Kier alpha value is -2.90. The van der Waals surface area contributed by atoms with Crippen LogP contribution in [0.2, 0.25) is 0 Å². The maximum absolute atomic E-state index is 13.3. The van der Waals surface area contributed by atoms with E-state index in [1.807, 2.05) is 0 Å². The lowest BCUT2D eigenvalue weighted by Crippen LogP contribution is -2.68. The van der Waals surface area contributed by atoms with Crippen molar-refractivity contribution in [3.05, 3.63) is 29.8 Å². The van der Waals surface area contributed by atoms with Gasteiger partial charge in [-0.3, -0.25) is 19.3 Å². The quantitative estimate of drug-likeness (QED) is 0.727. The van der Waals surface area contributed by atoms with Crippen molar-refractivity contribution in [3.63, 3.8) is 0 Å². The molecule has 4 rings (SSSR count). The van der Waals surface area contributed by atoms with Crippen molar-refractivity contribution in [2.75, 3.05) is 18.1 Å². The molecule has 2 heterocycles. The SMILES string of the molecule is CCN1C(=O)c2ccccc2N2C(=O)CC[C@]12C(=O)OCC(=O)N[C@H]1CCCC[C@@H]1C. The number of carbonyl (C=O) groups is 4. The van der Waals surface area contributed by atoms with E-state index in [2.05, 4.69) is 12.2 Å². The number of nitrogens with one attached hydrogen (secondary N) is 1. The maximum Gasteiger partial charge on any atom is 0.354 e. The van der Waals surface area contributed by atoms with E-state index in [0.717, 1.165) is 25.7 Å². The zero-order valence-corrected chi connectivity index (χ0v) is 18.1. The molecule has 1 saturated heterocycles. The van der Waals surface area contributed by atoms with Crippen molar-refractivity contribution in [3.8, 4) is 0 Å². The van der Waals surface area contributed by atoms with Gasteiger partial charge in [-0.25, -0.2) is 4.79 Å². The fraction of sp³-hybridized carbons (Fsp3) is 0.565. The summed E-state index contributed by atoms with van der Waals surface area (Å²) < 4.78 is 5.43. The van der Waals surface area contributed by atoms with Crippen molar-refractivity contribution in [1.29, 1.82) is 0 Å². The van der Waals surface area contributed by atoms with Crippen LogP contribution < -0.4 is 10.2 Å². The minimum Gasteiger partial charge on any atom is -0.452 e. The molecule has 1 aliphatic carbocycles. The fourth-order valence-corrected chi connectivity index (χ4v) is 5.20. The Balaban J connectivity index is 1.55. The van der Waals surface area contributed by atoms with Crippen molar-refractivity contribution >= 4 is 29.4 Å². The number of benzene rings is 1. The predicted octanol–water partition coefficient (Wildman–Crippen LogP) is 2.22. The first-order valence-electron chi connectivity index (χ1n) is 11.1. The molecule has 1 N–H and O–H groups in total. The predicted molar refractivity (Wildman–Crippen MR) is 113 cm³/mol. The molecule has 0 spiro atoms. The number of fused-ring (bicyclic) bond motifs is 3. The molecule has 0 aromatic heterocycles. The first-order valence-corrected chi connectivity index (χ1v) is 11.1. The lowest BCUT2D eigenvalue weighted by molar-refractivity contribution is -0.160. The van der Waals surface area contributed by atoms with Crippen LogP contribution in [0, 0.1) is 5.92 Å². The van der Waals surface area contributed by atoms with E-state index < -0.39 is 18.2 Å². The normalized spacial score (nSPS) is 27.5. The molecule has 1 aromatic rings. The second kappa shape index (κ2) is 8.32. The number of esters is 1. The van der Waals surface area contributed by atoms with Gasteiger partial charge in [-0.2, -0.15) is 0 Å². The molecule has 2 aliphatic heterocycles. The van der Waals surface area contributed by atoms with E-state index in [1.54, 1.807) is 31.2 Å².